The van der Waals surface area contributed by atoms with Gasteiger partial charge < -0.3 is 15.6 Å². The minimum Gasteiger partial charge on any atom is -0.397 e. The Balaban J connectivity index is 2.10. The zero-order valence-electron chi connectivity index (χ0n) is 9.80. The smallest absolute Gasteiger partial charge is 0.244 e. The molecule has 1 amide bonds. The third-order valence-corrected chi connectivity index (χ3v) is 2.65. The van der Waals surface area contributed by atoms with Crippen LogP contribution in [0.25, 0.3) is 0 Å². The average molecular weight is 276 g/mol. The molecule has 0 spiro atoms. The Labute approximate surface area is 114 Å². The monoisotopic (exact) mass is 275 g/mol. The lowest BCUT2D eigenvalue weighted by atomic mass is 10.2. The molecule has 6 nitrogen and oxygen atoms in total. The first kappa shape index (κ1) is 12.9. The SMILES string of the molecule is N#Cc1nccn1CC(=O)Nc1cc(Cl)ccc1N. The van der Waals surface area contributed by atoms with Crippen LogP contribution in [0.1, 0.15) is 5.82 Å². The third kappa shape index (κ3) is 3.03. The molecule has 96 valence electrons. The molecule has 0 fully saturated rings. The van der Waals surface area contributed by atoms with Crippen molar-refractivity contribution in [2.45, 2.75) is 6.54 Å². The number of nitrogen functional groups attached to an aromatic ring is 1. The van der Waals surface area contributed by atoms with Gasteiger partial charge in [-0.15, -0.1) is 0 Å². The molecule has 3 N–H and O–H groups in total. The molecule has 2 rings (SSSR count). The Bertz CT molecular complexity index is 658. The number of benzene rings is 1. The molecule has 0 saturated heterocycles. The predicted molar refractivity (Wildman–Crippen MR) is 71.4 cm³/mol. The highest BCUT2D eigenvalue weighted by molar-refractivity contribution is 6.31. The summed E-state index contributed by atoms with van der Waals surface area (Å²) < 4.78 is 1.44. The van der Waals surface area contributed by atoms with E-state index in [1.54, 1.807) is 24.4 Å². The zero-order valence-corrected chi connectivity index (χ0v) is 10.6. The summed E-state index contributed by atoms with van der Waals surface area (Å²) in [6, 6.07) is 6.70. The first-order valence-corrected chi connectivity index (χ1v) is 5.74. The number of nitrogens with zero attached hydrogens (tertiary/aromatic N) is 3. The molecule has 1 aromatic heterocycles. The lowest BCUT2D eigenvalue weighted by molar-refractivity contribution is -0.116. The lowest BCUT2D eigenvalue weighted by Gasteiger charge is -2.09. The van der Waals surface area contributed by atoms with Gasteiger partial charge in [0.25, 0.3) is 0 Å². The van der Waals surface area contributed by atoms with Gasteiger partial charge in [0, 0.05) is 17.4 Å². The van der Waals surface area contributed by atoms with E-state index in [9.17, 15) is 4.79 Å². The Hall–Kier alpha value is -2.52. The molecule has 0 unspecified atom stereocenters. The van der Waals surface area contributed by atoms with Gasteiger partial charge in [-0.05, 0) is 18.2 Å². The summed E-state index contributed by atoms with van der Waals surface area (Å²) in [6.45, 7) is -0.0190. The number of imidazole rings is 1. The second-order valence-electron chi connectivity index (χ2n) is 3.77. The number of carbonyl (C=O) groups is 1. The number of hydrogen-bond acceptors (Lipinski definition) is 4. The number of amides is 1. The van der Waals surface area contributed by atoms with Crippen LogP contribution in [0.15, 0.2) is 30.6 Å². The van der Waals surface area contributed by atoms with Gasteiger partial charge >= 0.3 is 0 Å². The van der Waals surface area contributed by atoms with Gasteiger partial charge in [0.1, 0.15) is 12.6 Å². The van der Waals surface area contributed by atoms with Crippen molar-refractivity contribution in [2.24, 2.45) is 0 Å². The van der Waals surface area contributed by atoms with Gasteiger partial charge in [-0.3, -0.25) is 4.79 Å². The summed E-state index contributed by atoms with van der Waals surface area (Å²) in [5.74, 6) is -0.141. The fourth-order valence-corrected chi connectivity index (χ4v) is 1.70. The largest absolute Gasteiger partial charge is 0.397 e. The molecular formula is C12H10ClN5O. The van der Waals surface area contributed by atoms with Crippen molar-refractivity contribution in [1.29, 1.82) is 5.26 Å². The molecule has 1 aromatic carbocycles. The maximum Gasteiger partial charge on any atom is 0.244 e. The topological polar surface area (TPSA) is 96.7 Å². The minimum absolute atomic E-state index is 0.0190. The Morgan fingerprint density at radius 2 is 2.37 bits per heavy atom. The van der Waals surface area contributed by atoms with Crippen molar-refractivity contribution in [3.05, 3.63) is 41.4 Å². The van der Waals surface area contributed by atoms with Crippen molar-refractivity contribution >= 4 is 28.9 Å². The molecule has 2 aromatic rings. The Morgan fingerprint density at radius 1 is 1.58 bits per heavy atom. The van der Waals surface area contributed by atoms with Gasteiger partial charge in [0.15, 0.2) is 0 Å². The van der Waals surface area contributed by atoms with E-state index in [1.807, 2.05) is 6.07 Å². The van der Waals surface area contributed by atoms with Crippen LogP contribution in [-0.2, 0) is 11.3 Å². The summed E-state index contributed by atoms with van der Waals surface area (Å²) in [7, 11) is 0. The molecule has 1 heterocycles. The highest BCUT2D eigenvalue weighted by Gasteiger charge is 2.09. The van der Waals surface area contributed by atoms with Crippen LogP contribution in [0.2, 0.25) is 5.02 Å². The van der Waals surface area contributed by atoms with Crippen LogP contribution >= 0.6 is 11.6 Å². The molecule has 0 radical (unpaired) electrons. The number of halogens is 1. The number of nitriles is 1. The van der Waals surface area contributed by atoms with Crippen molar-refractivity contribution in [3.63, 3.8) is 0 Å². The fraction of sp³-hybridized carbons (Fsp3) is 0.0833. The molecule has 0 aliphatic rings. The van der Waals surface area contributed by atoms with E-state index in [1.165, 1.54) is 10.8 Å². The minimum atomic E-state index is -0.316. The number of carbonyl (C=O) groups excluding carboxylic acids is 1. The number of aromatic nitrogens is 2. The molecule has 0 aliphatic heterocycles. The summed E-state index contributed by atoms with van der Waals surface area (Å²) in [6.07, 6.45) is 3.01. The van der Waals surface area contributed by atoms with Crippen LogP contribution in [-0.4, -0.2) is 15.5 Å². The number of anilines is 2. The van der Waals surface area contributed by atoms with Crippen molar-refractivity contribution in [3.8, 4) is 6.07 Å². The van der Waals surface area contributed by atoms with E-state index in [-0.39, 0.29) is 18.3 Å². The zero-order chi connectivity index (χ0) is 13.8. The van der Waals surface area contributed by atoms with Crippen molar-refractivity contribution < 1.29 is 4.79 Å². The first-order valence-electron chi connectivity index (χ1n) is 5.36. The molecule has 7 heteroatoms. The van der Waals surface area contributed by atoms with E-state index < -0.39 is 0 Å². The number of nitrogens with two attached hydrogens (primary N) is 1. The quantitative estimate of drug-likeness (QED) is 0.832. The van der Waals surface area contributed by atoms with E-state index in [2.05, 4.69) is 10.3 Å². The van der Waals surface area contributed by atoms with Crippen molar-refractivity contribution in [1.82, 2.24) is 9.55 Å². The molecule has 0 atom stereocenters. The summed E-state index contributed by atoms with van der Waals surface area (Å²) >= 11 is 5.83. The normalized spacial score (nSPS) is 9.89. The standard InChI is InChI=1S/C12H10ClN5O/c13-8-1-2-9(15)10(5-8)17-12(19)7-18-4-3-16-11(18)6-14/h1-5H,7,15H2,(H,17,19). The molecular weight excluding hydrogens is 266 g/mol. The van der Waals surface area contributed by atoms with E-state index >= 15 is 0 Å². The van der Waals surface area contributed by atoms with Crippen LogP contribution in [0.4, 0.5) is 11.4 Å². The van der Waals surface area contributed by atoms with Gasteiger partial charge in [0.05, 0.1) is 11.4 Å². The summed E-state index contributed by atoms with van der Waals surface area (Å²) in [5, 5.41) is 11.9. The third-order valence-electron chi connectivity index (χ3n) is 2.42. The molecule has 0 bridgehead atoms. The predicted octanol–water partition coefficient (Wildman–Crippen LogP) is 1.63. The highest BCUT2D eigenvalue weighted by Crippen LogP contribution is 2.22. The maximum absolute atomic E-state index is 11.8. The summed E-state index contributed by atoms with van der Waals surface area (Å²) in [4.78, 5) is 15.6. The average Bonchev–Trinajstić information content (AvgIpc) is 2.81. The fourth-order valence-electron chi connectivity index (χ4n) is 1.53. The molecule has 19 heavy (non-hydrogen) atoms. The van der Waals surface area contributed by atoms with E-state index in [0.717, 1.165) is 0 Å². The second kappa shape index (κ2) is 5.42. The van der Waals surface area contributed by atoms with E-state index in [4.69, 9.17) is 22.6 Å². The number of nitrogens with one attached hydrogen (secondary N) is 1. The Kier molecular flexibility index (Phi) is 3.68. The van der Waals surface area contributed by atoms with E-state index in [0.29, 0.717) is 16.4 Å². The highest BCUT2D eigenvalue weighted by atomic mass is 35.5. The van der Waals surface area contributed by atoms with Crippen molar-refractivity contribution in [2.75, 3.05) is 11.1 Å². The van der Waals surface area contributed by atoms with Gasteiger partial charge in [-0.25, -0.2) is 4.98 Å². The molecule has 0 aliphatic carbocycles. The second-order valence-corrected chi connectivity index (χ2v) is 4.21. The summed E-state index contributed by atoms with van der Waals surface area (Å²) in [5.41, 5.74) is 6.58. The number of rotatable bonds is 3. The maximum atomic E-state index is 11.8. The lowest BCUT2D eigenvalue weighted by Crippen LogP contribution is -2.19. The van der Waals surface area contributed by atoms with Crippen LogP contribution in [0, 0.1) is 11.3 Å². The first-order chi connectivity index (χ1) is 9.10. The van der Waals surface area contributed by atoms with Gasteiger partial charge in [-0.1, -0.05) is 11.6 Å². The molecule has 0 saturated carbocycles. The van der Waals surface area contributed by atoms with Crippen LogP contribution in [0.3, 0.4) is 0 Å². The van der Waals surface area contributed by atoms with Crippen LogP contribution < -0.4 is 11.1 Å². The van der Waals surface area contributed by atoms with Gasteiger partial charge in [-0.2, -0.15) is 5.26 Å². The van der Waals surface area contributed by atoms with Crippen LogP contribution in [0.5, 0.6) is 0 Å². The van der Waals surface area contributed by atoms with Gasteiger partial charge in [0.2, 0.25) is 11.7 Å². The Morgan fingerprint density at radius 3 is 3.11 bits per heavy atom. The number of hydrogen-bond donors (Lipinski definition) is 2.